The van der Waals surface area contributed by atoms with E-state index in [9.17, 15) is 8.78 Å². The molecule has 24 rings (SSSR count). The van der Waals surface area contributed by atoms with E-state index in [-0.39, 0.29) is 11.6 Å². The molecule has 5 aromatic heterocycles. The lowest BCUT2D eigenvalue weighted by molar-refractivity contribution is 0.486. The van der Waals surface area contributed by atoms with Crippen LogP contribution in [-0.4, -0.2) is 4.57 Å². The first-order valence-corrected chi connectivity index (χ1v) is 47.1. The van der Waals surface area contributed by atoms with Gasteiger partial charge in [0.2, 0.25) is 0 Å². The number of para-hydroxylation sites is 6. The van der Waals surface area contributed by atoms with Crippen LogP contribution >= 0.6 is 0 Å². The fraction of sp³-hybridized carbons (Fsp3) is 0.138. The highest BCUT2D eigenvalue weighted by atomic mass is 19.1. The Labute approximate surface area is 764 Å². The van der Waals surface area contributed by atoms with Gasteiger partial charge in [-0.1, -0.05) is 346 Å². The zero-order chi connectivity index (χ0) is 88.3. The average molecular weight is 1720 g/mol. The molecule has 642 valence electrons. The van der Waals surface area contributed by atoms with Crippen LogP contribution in [0.15, 0.2) is 394 Å². The predicted molar refractivity (Wildman–Crippen MR) is 551 cm³/mol. The van der Waals surface area contributed by atoms with E-state index in [4.69, 9.17) is 17.7 Å². The highest BCUT2D eigenvalue weighted by Crippen LogP contribution is 2.54. The number of anilines is 6. The second kappa shape index (κ2) is 34.9. The molecule has 132 heavy (non-hydrogen) atoms. The Hall–Kier alpha value is -15.3. The molecule has 0 aliphatic carbocycles. The van der Waals surface area contributed by atoms with Crippen molar-refractivity contribution in [2.24, 2.45) is 0 Å². The van der Waals surface area contributed by atoms with Crippen molar-refractivity contribution in [2.75, 3.05) is 9.80 Å². The topological polar surface area (TPSA) is 64.0 Å². The van der Waals surface area contributed by atoms with E-state index < -0.39 is 0 Å². The van der Waals surface area contributed by atoms with Gasteiger partial charge in [0.1, 0.15) is 34.0 Å². The minimum absolute atomic E-state index is 0.259. The molecule has 0 saturated heterocycles. The molecule has 19 aromatic carbocycles. The molecule has 24 aromatic rings. The van der Waals surface area contributed by atoms with Gasteiger partial charge in [-0.2, -0.15) is 0 Å². The second-order valence-electron chi connectivity index (χ2n) is 35.6. The summed E-state index contributed by atoms with van der Waals surface area (Å²) in [5.74, 6) is -0.00997. The van der Waals surface area contributed by atoms with Gasteiger partial charge in [-0.3, -0.25) is 0 Å². The van der Waals surface area contributed by atoms with Gasteiger partial charge >= 0.3 is 0 Å². The Kier molecular flexibility index (Phi) is 21.5. The van der Waals surface area contributed by atoms with E-state index in [0.717, 1.165) is 199 Å². The van der Waals surface area contributed by atoms with Crippen molar-refractivity contribution in [3.05, 3.63) is 393 Å². The van der Waals surface area contributed by atoms with Crippen LogP contribution in [0.4, 0.5) is 42.9 Å². The molecule has 7 nitrogen and oxygen atoms in total. The van der Waals surface area contributed by atoms with Crippen molar-refractivity contribution < 1.29 is 26.4 Å². The van der Waals surface area contributed by atoms with Crippen LogP contribution in [-0.2, 0) is 0 Å². The monoisotopic (exact) mass is 1720 g/mol. The van der Waals surface area contributed by atoms with Gasteiger partial charge < -0.3 is 32.0 Å². The Morgan fingerprint density at radius 1 is 0.250 bits per heavy atom. The average Bonchev–Trinajstić information content (AvgIpc) is 1.54. The Morgan fingerprint density at radius 2 is 0.629 bits per heavy atom. The largest absolute Gasteiger partial charge is 0.454 e. The fourth-order valence-electron chi connectivity index (χ4n) is 21.2. The van der Waals surface area contributed by atoms with Gasteiger partial charge in [0.05, 0.1) is 45.2 Å². The van der Waals surface area contributed by atoms with Crippen molar-refractivity contribution in [1.29, 1.82) is 0 Å². The lowest BCUT2D eigenvalue weighted by atomic mass is 9.87. The number of benzene rings is 19. The summed E-state index contributed by atoms with van der Waals surface area (Å²) in [7, 11) is 0. The van der Waals surface area contributed by atoms with Crippen LogP contribution in [0.2, 0.25) is 0 Å². The third-order valence-corrected chi connectivity index (χ3v) is 27.5. The van der Waals surface area contributed by atoms with Crippen molar-refractivity contribution in [3.8, 4) is 39.1 Å². The van der Waals surface area contributed by atoms with Crippen molar-refractivity contribution in [1.82, 2.24) is 4.57 Å². The number of rotatable bonds is 25. The third-order valence-electron chi connectivity index (χ3n) is 27.5. The molecule has 0 fully saturated rings. The number of furan rings is 4. The lowest BCUT2D eigenvalue weighted by Gasteiger charge is -2.27. The van der Waals surface area contributed by atoms with Gasteiger partial charge in [-0.25, -0.2) is 8.78 Å². The molecule has 0 atom stereocenters. The van der Waals surface area contributed by atoms with Gasteiger partial charge in [-0.05, 0) is 211 Å². The van der Waals surface area contributed by atoms with Gasteiger partial charge in [0.15, 0.2) is 22.3 Å². The summed E-state index contributed by atoms with van der Waals surface area (Å²) in [4.78, 5) is 4.68. The molecule has 0 aliphatic rings. The first-order valence-electron chi connectivity index (χ1n) is 47.1. The maximum atomic E-state index is 14.4. The van der Waals surface area contributed by atoms with E-state index in [2.05, 4.69) is 338 Å². The fourth-order valence-corrected chi connectivity index (χ4v) is 21.2. The summed E-state index contributed by atoms with van der Waals surface area (Å²) >= 11 is 0. The Balaban J connectivity index is 0.000000150. The standard InChI is InChI=1S/C62H37FN2O2.C61H60FNO2/c63-41-17-10-16-38(35-41)39-33-34-46-49-26-12-30-54(61(49)67-58(46)37-39)65(56-36-40-15-4-5-20-43(40)44-21-6-7-22-45(44)56)55-31-13-27-51-60-48(25-14-32-57(60)66-62(51)55)47-24-11-29-53-59(47)50-23-8-9-28-52(50)64(53)42-18-2-1-3-19-42;1-3-5-7-9-11-13-22-42(23-14-12-10-8-6-4-2)44-34-36-51-53-30-20-32-55(60(53)64-58(51)40-44)63(57-39-46-24-15-16-27-48(46)49-28-17-18-29-50(49)57)56-33-21-31-54-52-37-35-45(41-59(52)65-61(54)56)43-25-19-26-47(62)38-43/h1-37H;15-21,24-42H,3-14,22-23H2,1-2H3. The summed E-state index contributed by atoms with van der Waals surface area (Å²) in [6.45, 7) is 4.59. The normalized spacial score (nSPS) is 12.0. The van der Waals surface area contributed by atoms with E-state index in [0.29, 0.717) is 5.92 Å². The molecule has 0 spiro atoms. The highest BCUT2D eigenvalue weighted by Gasteiger charge is 2.31. The summed E-state index contributed by atoms with van der Waals surface area (Å²) in [5, 5.41) is 19.9. The van der Waals surface area contributed by atoms with Crippen molar-refractivity contribution in [3.63, 3.8) is 0 Å². The molecule has 9 heteroatoms. The van der Waals surface area contributed by atoms with Crippen LogP contribution in [0.5, 0.6) is 0 Å². The van der Waals surface area contributed by atoms with Crippen LogP contribution in [0.1, 0.15) is 115 Å². The van der Waals surface area contributed by atoms with Crippen LogP contribution in [0.25, 0.3) is 192 Å². The summed E-state index contributed by atoms with van der Waals surface area (Å²) < 4.78 is 59.5. The molecular weight excluding hydrogens is 1620 g/mol. The molecule has 0 bridgehead atoms. The first-order chi connectivity index (χ1) is 65.2. The predicted octanol–water partition coefficient (Wildman–Crippen LogP) is 37.5. The molecule has 0 saturated carbocycles. The highest BCUT2D eigenvalue weighted by molar-refractivity contribution is 6.25. The van der Waals surface area contributed by atoms with E-state index in [1.54, 1.807) is 24.3 Å². The number of aromatic nitrogens is 1. The Morgan fingerprint density at radius 3 is 1.14 bits per heavy atom. The number of halogens is 2. The maximum Gasteiger partial charge on any atom is 0.159 e. The number of hydrogen-bond donors (Lipinski definition) is 0. The van der Waals surface area contributed by atoms with Crippen LogP contribution in [0.3, 0.4) is 0 Å². The summed E-state index contributed by atoms with van der Waals surface area (Å²) in [6, 6.07) is 130. The molecule has 0 N–H and O–H groups in total. The molecule has 0 radical (unpaired) electrons. The molecule has 0 amide bonds. The second-order valence-corrected chi connectivity index (χ2v) is 35.6. The SMILES string of the molecule is CCCCCCCCC(CCCCCCCC)c1ccc2c(c1)oc1c(N(c3cc4ccccc4c4ccccc34)c3cccc4c3oc3cc(-c5cccc(F)c5)ccc34)cccc12.Fc1cccc(-c2ccc3c(c2)oc2c(N(c4cc5ccccc5c5ccccc45)c4cccc5c4oc4cccc(-c6cccc7c6c6ccccc6n7-c6ccccc6)c45)cccc23)c1. The Bertz CT molecular complexity index is 8520. The first kappa shape index (κ1) is 81.2. The molecule has 0 unspecified atom stereocenters. The zero-order valence-corrected chi connectivity index (χ0v) is 74.0. The quantitative estimate of drug-likeness (QED) is 0.0420. The van der Waals surface area contributed by atoms with E-state index >= 15 is 0 Å². The molecule has 0 aliphatic heterocycles. The van der Waals surface area contributed by atoms with Gasteiger partial charge in [-0.15, -0.1) is 0 Å². The lowest BCUT2D eigenvalue weighted by Crippen LogP contribution is -2.11. The third kappa shape index (κ3) is 14.6. The number of nitrogens with zero attached hydrogens (tertiary/aromatic N) is 3. The van der Waals surface area contributed by atoms with Crippen LogP contribution < -0.4 is 9.80 Å². The minimum Gasteiger partial charge on any atom is -0.454 e. The van der Waals surface area contributed by atoms with Gasteiger partial charge in [0, 0.05) is 70.3 Å². The molecule has 5 heterocycles. The minimum atomic E-state index is -0.276. The number of hydrogen-bond acceptors (Lipinski definition) is 6. The summed E-state index contributed by atoms with van der Waals surface area (Å²) in [5.41, 5.74) is 22.5. The maximum absolute atomic E-state index is 14.4. The number of unbranched alkanes of at least 4 members (excludes halogenated alkanes) is 10. The smallest absolute Gasteiger partial charge is 0.159 e. The van der Waals surface area contributed by atoms with Crippen LogP contribution in [0, 0.1) is 11.6 Å². The van der Waals surface area contributed by atoms with E-state index in [1.807, 2.05) is 30.3 Å². The van der Waals surface area contributed by atoms with Crippen molar-refractivity contribution in [2.45, 2.75) is 110 Å². The summed E-state index contributed by atoms with van der Waals surface area (Å²) in [6.07, 6.45) is 18.3. The zero-order valence-electron chi connectivity index (χ0n) is 74.0. The molecular formula is C123H97F2N3O4. The van der Waals surface area contributed by atoms with E-state index in [1.165, 1.54) is 135 Å². The number of fused-ring (bicyclic) bond motifs is 21. The van der Waals surface area contributed by atoms with Crippen molar-refractivity contribution >= 4 is 187 Å². The van der Waals surface area contributed by atoms with Gasteiger partial charge in [0.25, 0.3) is 0 Å².